The number of methoxy groups -OCH3 is 1. The number of ether oxygens (including phenoxy) is 4. The molecule has 4 rings (SSSR count). The van der Waals surface area contributed by atoms with Gasteiger partial charge in [0.05, 0.1) is 25.8 Å². The Bertz CT molecular complexity index is 1230. The van der Waals surface area contributed by atoms with Gasteiger partial charge in [0.25, 0.3) is 0 Å². The third-order valence-electron chi connectivity index (χ3n) is 6.41. The summed E-state index contributed by atoms with van der Waals surface area (Å²) in [5.41, 5.74) is 3.89. The van der Waals surface area contributed by atoms with Crippen LogP contribution in [0.3, 0.4) is 0 Å². The molecule has 1 fully saturated rings. The first-order valence-corrected chi connectivity index (χ1v) is 16.3. The lowest BCUT2D eigenvalue weighted by Gasteiger charge is -2.17. The minimum Gasteiger partial charge on any atom is -0.497 e. The number of hydrogen-bond acceptors (Lipinski definition) is 7. The van der Waals surface area contributed by atoms with Gasteiger partial charge in [-0.05, 0) is 56.9 Å². The van der Waals surface area contributed by atoms with E-state index in [0.717, 1.165) is 28.6 Å². The highest BCUT2D eigenvalue weighted by Gasteiger charge is 2.27. The van der Waals surface area contributed by atoms with Crippen molar-refractivity contribution >= 4 is 25.1 Å². The van der Waals surface area contributed by atoms with Crippen molar-refractivity contribution < 1.29 is 23.7 Å². The van der Waals surface area contributed by atoms with Crippen LogP contribution in [-0.4, -0.2) is 55.5 Å². The third-order valence-corrected chi connectivity index (χ3v) is 8.11. The minimum absolute atomic E-state index is 0.282. The predicted octanol–water partition coefficient (Wildman–Crippen LogP) is 5.69. The van der Waals surface area contributed by atoms with Crippen molar-refractivity contribution in [2.45, 2.75) is 59.1 Å². The van der Waals surface area contributed by atoms with Crippen LogP contribution in [0.25, 0.3) is 22.3 Å². The molecule has 1 saturated carbocycles. The molecule has 1 aromatic carbocycles. The summed E-state index contributed by atoms with van der Waals surface area (Å²) >= 11 is 0. The van der Waals surface area contributed by atoms with E-state index in [1.807, 2.05) is 29.7 Å². The average Bonchev–Trinajstić information content (AvgIpc) is 3.62. The molecule has 9 heteroatoms. The number of carbonyl (C=O) groups excluding carboxylic acids is 1. The van der Waals surface area contributed by atoms with Gasteiger partial charge in [0.15, 0.2) is 0 Å². The van der Waals surface area contributed by atoms with Crippen molar-refractivity contribution in [2.75, 3.05) is 26.9 Å². The van der Waals surface area contributed by atoms with Crippen LogP contribution < -0.4 is 9.47 Å². The van der Waals surface area contributed by atoms with Crippen LogP contribution in [0.2, 0.25) is 25.7 Å². The first-order chi connectivity index (χ1) is 17.2. The van der Waals surface area contributed by atoms with Crippen LogP contribution in [0.4, 0.5) is 0 Å². The van der Waals surface area contributed by atoms with Gasteiger partial charge in [-0.15, -0.1) is 0 Å². The second-order valence-corrected chi connectivity index (χ2v) is 16.1. The van der Waals surface area contributed by atoms with Gasteiger partial charge in [-0.25, -0.2) is 14.8 Å². The number of carbonyl (C=O) groups is 1. The molecule has 0 radical (unpaired) electrons. The van der Waals surface area contributed by atoms with Crippen LogP contribution in [-0.2, 0) is 16.2 Å². The zero-order chi connectivity index (χ0) is 25.9. The summed E-state index contributed by atoms with van der Waals surface area (Å²) in [7, 11) is 0.392. The minimum atomic E-state index is -1.24. The van der Waals surface area contributed by atoms with Gasteiger partial charge >= 0.3 is 5.97 Å². The molecule has 0 saturated heterocycles. The summed E-state index contributed by atoms with van der Waals surface area (Å²) in [5.74, 6) is 1.63. The molecule has 0 aliphatic heterocycles. The van der Waals surface area contributed by atoms with Gasteiger partial charge in [0.2, 0.25) is 0 Å². The molecule has 2 aromatic heterocycles. The highest BCUT2D eigenvalue weighted by molar-refractivity contribution is 6.76. The summed E-state index contributed by atoms with van der Waals surface area (Å²) in [4.78, 5) is 22.2. The molecule has 1 aliphatic rings. The highest BCUT2D eigenvalue weighted by atomic mass is 28.3. The summed E-state index contributed by atoms with van der Waals surface area (Å²) in [6.07, 6.45) is 3.88. The van der Waals surface area contributed by atoms with Crippen LogP contribution in [0, 0.1) is 12.8 Å². The lowest BCUT2D eigenvalue weighted by atomic mass is 10.1. The Balaban J connectivity index is 1.83. The molecule has 0 unspecified atom stereocenters. The molecule has 194 valence electrons. The van der Waals surface area contributed by atoms with E-state index in [4.69, 9.17) is 18.9 Å². The lowest BCUT2D eigenvalue weighted by molar-refractivity contribution is 0.0525. The Kier molecular flexibility index (Phi) is 7.99. The van der Waals surface area contributed by atoms with E-state index >= 15 is 0 Å². The van der Waals surface area contributed by atoms with Gasteiger partial charge in [0.1, 0.15) is 41.3 Å². The molecule has 1 aliphatic carbocycles. The zero-order valence-electron chi connectivity index (χ0n) is 22.2. The molecule has 0 amide bonds. The molecule has 8 nitrogen and oxygen atoms in total. The second kappa shape index (κ2) is 11.0. The van der Waals surface area contributed by atoms with E-state index in [1.54, 1.807) is 14.0 Å². The van der Waals surface area contributed by atoms with Gasteiger partial charge in [-0.2, -0.15) is 0 Å². The Morgan fingerprint density at radius 2 is 1.97 bits per heavy atom. The molecular formula is C27H37N3O5Si. The standard InChI is InChI=1S/C27H37N3O5Si/c1-7-34-27(31)23-18(2)30(17-33-12-13-36(4,5)6)26-24(28-16-29-25(23)26)21-14-20(32-3)10-11-22(21)35-15-19-8-9-19/h10-11,14,16,19H,7-9,12-13,15,17H2,1-6H3. The van der Waals surface area contributed by atoms with E-state index in [9.17, 15) is 4.79 Å². The van der Waals surface area contributed by atoms with Crippen molar-refractivity contribution in [2.24, 2.45) is 5.92 Å². The second-order valence-electron chi connectivity index (χ2n) is 10.5. The van der Waals surface area contributed by atoms with Crippen molar-refractivity contribution in [1.29, 1.82) is 0 Å². The van der Waals surface area contributed by atoms with Crippen molar-refractivity contribution in [3.05, 3.63) is 35.8 Å². The number of hydrogen-bond donors (Lipinski definition) is 0. The number of benzene rings is 1. The van der Waals surface area contributed by atoms with Gasteiger partial charge < -0.3 is 23.5 Å². The fourth-order valence-electron chi connectivity index (χ4n) is 4.07. The summed E-state index contributed by atoms with van der Waals surface area (Å²) in [5, 5.41) is 0. The lowest BCUT2D eigenvalue weighted by Crippen LogP contribution is -2.22. The maximum atomic E-state index is 13.0. The van der Waals surface area contributed by atoms with E-state index in [2.05, 4.69) is 29.6 Å². The number of rotatable bonds is 12. The third kappa shape index (κ3) is 5.90. The van der Waals surface area contributed by atoms with Crippen molar-refractivity contribution in [3.63, 3.8) is 0 Å². The van der Waals surface area contributed by atoms with E-state index in [-0.39, 0.29) is 13.3 Å². The smallest absolute Gasteiger partial charge is 0.342 e. The molecule has 3 aromatic rings. The number of aromatic nitrogens is 3. The van der Waals surface area contributed by atoms with Gasteiger partial charge in [0, 0.05) is 25.9 Å². The largest absolute Gasteiger partial charge is 0.497 e. The SMILES string of the molecule is CCOC(=O)c1c(C)n(COCC[Si](C)(C)C)c2c(-c3cc(OC)ccc3OCC3CC3)ncnc12. The molecule has 0 spiro atoms. The van der Waals surface area contributed by atoms with Crippen LogP contribution in [0.1, 0.15) is 35.8 Å². The molecule has 36 heavy (non-hydrogen) atoms. The summed E-state index contributed by atoms with van der Waals surface area (Å²) in [6.45, 7) is 12.6. The average molecular weight is 512 g/mol. The van der Waals surface area contributed by atoms with E-state index < -0.39 is 14.0 Å². The Hall–Kier alpha value is -2.91. The molecule has 0 atom stereocenters. The number of esters is 1. The molecule has 0 N–H and O–H groups in total. The van der Waals surface area contributed by atoms with Crippen LogP contribution in [0.5, 0.6) is 11.5 Å². The Morgan fingerprint density at radius 1 is 1.19 bits per heavy atom. The summed E-state index contributed by atoms with van der Waals surface area (Å²) in [6, 6.07) is 6.78. The first-order valence-electron chi connectivity index (χ1n) is 12.6. The number of nitrogens with zero attached hydrogens (tertiary/aromatic N) is 3. The van der Waals surface area contributed by atoms with Crippen LogP contribution in [0.15, 0.2) is 24.5 Å². The maximum absolute atomic E-state index is 13.0. The van der Waals surface area contributed by atoms with Crippen molar-refractivity contribution in [1.82, 2.24) is 14.5 Å². The quantitative estimate of drug-likeness (QED) is 0.175. The van der Waals surface area contributed by atoms with E-state index in [1.165, 1.54) is 19.2 Å². The normalized spacial score (nSPS) is 13.7. The van der Waals surface area contributed by atoms with Crippen LogP contribution >= 0.6 is 0 Å². The molecule has 2 heterocycles. The number of fused-ring (bicyclic) bond motifs is 1. The monoisotopic (exact) mass is 511 g/mol. The Labute approximate surface area is 213 Å². The van der Waals surface area contributed by atoms with E-state index in [0.29, 0.717) is 41.7 Å². The summed E-state index contributed by atoms with van der Waals surface area (Å²) < 4.78 is 25.2. The molecular weight excluding hydrogens is 474 g/mol. The topological polar surface area (TPSA) is 84.7 Å². The molecule has 0 bridgehead atoms. The first kappa shape index (κ1) is 26.2. The fraction of sp³-hybridized carbons (Fsp3) is 0.519. The van der Waals surface area contributed by atoms with Gasteiger partial charge in [-0.3, -0.25) is 0 Å². The highest BCUT2D eigenvalue weighted by Crippen LogP contribution is 2.39. The maximum Gasteiger partial charge on any atom is 0.342 e. The Morgan fingerprint density at radius 3 is 2.64 bits per heavy atom. The zero-order valence-corrected chi connectivity index (χ0v) is 23.2. The van der Waals surface area contributed by atoms with Gasteiger partial charge in [-0.1, -0.05) is 19.6 Å². The predicted molar refractivity (Wildman–Crippen MR) is 143 cm³/mol. The fourth-order valence-corrected chi connectivity index (χ4v) is 4.83. The van der Waals surface area contributed by atoms with Crippen molar-refractivity contribution in [3.8, 4) is 22.8 Å².